The molecule has 0 aliphatic carbocycles. The SMILES string of the molecule is CCCCCCCC(=O)SCC/C=C/[C@@H]1CC(=O)NCc2cccc(n2)CN(Cc2ccc(OC)cc2)CC(=O)N[C@@H](C(C)C)C(=O)O1. The number of amides is 2. The summed E-state index contributed by atoms with van der Waals surface area (Å²) in [7, 11) is 1.61. The average molecular weight is 681 g/mol. The highest BCUT2D eigenvalue weighted by Gasteiger charge is 2.29. The van der Waals surface area contributed by atoms with Gasteiger partial charge in [0.15, 0.2) is 5.12 Å². The summed E-state index contributed by atoms with van der Waals surface area (Å²) < 4.78 is 11.1. The van der Waals surface area contributed by atoms with Gasteiger partial charge in [0, 0.05) is 25.3 Å². The van der Waals surface area contributed by atoms with Gasteiger partial charge in [-0.25, -0.2) is 4.79 Å². The first kappa shape index (κ1) is 38.7. The van der Waals surface area contributed by atoms with Gasteiger partial charge in [-0.05, 0) is 54.7 Å². The largest absolute Gasteiger partial charge is 0.497 e. The van der Waals surface area contributed by atoms with Crippen molar-refractivity contribution in [2.24, 2.45) is 5.92 Å². The lowest BCUT2D eigenvalue weighted by Gasteiger charge is -2.26. The Hall–Kier alpha value is -3.70. The van der Waals surface area contributed by atoms with Crippen molar-refractivity contribution < 1.29 is 28.7 Å². The summed E-state index contributed by atoms with van der Waals surface area (Å²) in [6.45, 7) is 6.94. The molecule has 0 unspecified atom stereocenters. The number of allylic oxidation sites excluding steroid dienone is 1. The second-order valence-electron chi connectivity index (χ2n) is 12.5. The van der Waals surface area contributed by atoms with Crippen molar-refractivity contribution >= 4 is 34.7 Å². The van der Waals surface area contributed by atoms with Crippen molar-refractivity contribution in [1.29, 1.82) is 0 Å². The van der Waals surface area contributed by atoms with Gasteiger partial charge in [0.25, 0.3) is 0 Å². The molecule has 0 fully saturated rings. The van der Waals surface area contributed by atoms with E-state index in [1.54, 1.807) is 13.2 Å². The molecular weight excluding hydrogens is 628 g/mol. The topological polar surface area (TPSA) is 127 Å². The van der Waals surface area contributed by atoms with Gasteiger partial charge < -0.3 is 20.1 Å². The molecule has 0 spiro atoms. The molecule has 1 aliphatic heterocycles. The molecule has 262 valence electrons. The van der Waals surface area contributed by atoms with E-state index in [0.717, 1.165) is 36.3 Å². The van der Waals surface area contributed by atoms with Crippen LogP contribution in [0, 0.1) is 5.92 Å². The maximum Gasteiger partial charge on any atom is 0.329 e. The Morgan fingerprint density at radius 1 is 1.04 bits per heavy atom. The standard InChI is InChI=1S/C37H52N4O6S/c1-5-6-7-8-9-16-35(44)48-21-11-10-15-32-22-33(42)38-23-29-13-12-14-30(39-29)25-41(24-28-17-19-31(46-4)20-18-28)26-34(43)40-36(27(2)3)37(45)47-32/h10,12-15,17-20,27,32,36H,5-9,11,16,21-26H2,1-4H3,(H,38,42)(H,40,43)/b15-10+/t32-,36+/m1/s1. The summed E-state index contributed by atoms with van der Waals surface area (Å²) >= 11 is 1.31. The van der Waals surface area contributed by atoms with Gasteiger partial charge in [0.2, 0.25) is 11.8 Å². The molecule has 1 aromatic carbocycles. The van der Waals surface area contributed by atoms with Gasteiger partial charge in [0.05, 0.1) is 38.0 Å². The Kier molecular flexibility index (Phi) is 17.2. The molecule has 2 N–H and O–H groups in total. The minimum Gasteiger partial charge on any atom is -0.497 e. The van der Waals surface area contributed by atoms with Crippen molar-refractivity contribution in [3.63, 3.8) is 0 Å². The van der Waals surface area contributed by atoms with Crippen LogP contribution in [0.4, 0.5) is 0 Å². The van der Waals surface area contributed by atoms with E-state index in [9.17, 15) is 19.2 Å². The van der Waals surface area contributed by atoms with E-state index in [0.29, 0.717) is 37.4 Å². The molecular formula is C37H52N4O6S. The zero-order valence-corrected chi connectivity index (χ0v) is 29.7. The van der Waals surface area contributed by atoms with E-state index in [4.69, 9.17) is 14.5 Å². The maximum absolute atomic E-state index is 13.4. The highest BCUT2D eigenvalue weighted by atomic mass is 32.2. The number of unbranched alkanes of at least 4 members (excludes halogenated alkanes) is 4. The number of carbonyl (C=O) groups is 4. The second-order valence-corrected chi connectivity index (χ2v) is 13.6. The van der Waals surface area contributed by atoms with Crippen LogP contribution in [0.2, 0.25) is 0 Å². The molecule has 2 amide bonds. The Labute approximate surface area is 289 Å². The van der Waals surface area contributed by atoms with Gasteiger partial charge >= 0.3 is 5.97 Å². The highest BCUT2D eigenvalue weighted by Crippen LogP contribution is 2.17. The lowest BCUT2D eigenvalue weighted by molar-refractivity contribution is -0.153. The van der Waals surface area contributed by atoms with Crippen molar-refractivity contribution in [3.8, 4) is 5.75 Å². The minimum atomic E-state index is -0.904. The monoisotopic (exact) mass is 680 g/mol. The Balaban J connectivity index is 1.71. The number of hydrogen-bond donors (Lipinski definition) is 2. The van der Waals surface area contributed by atoms with Gasteiger partial charge in [-0.15, -0.1) is 0 Å². The van der Waals surface area contributed by atoms with Crippen LogP contribution >= 0.6 is 11.8 Å². The van der Waals surface area contributed by atoms with E-state index in [2.05, 4.69) is 17.6 Å². The van der Waals surface area contributed by atoms with Crippen LogP contribution in [-0.2, 0) is 43.5 Å². The molecule has 11 heteroatoms. The number of benzene rings is 1. The van der Waals surface area contributed by atoms with E-state index < -0.39 is 18.1 Å². The van der Waals surface area contributed by atoms with Crippen LogP contribution in [0.5, 0.6) is 5.75 Å². The van der Waals surface area contributed by atoms with E-state index in [1.807, 2.05) is 67.3 Å². The molecule has 0 radical (unpaired) electrons. The fourth-order valence-corrected chi connectivity index (χ4v) is 6.04. The zero-order valence-electron chi connectivity index (χ0n) is 28.9. The first-order valence-electron chi connectivity index (χ1n) is 17.1. The van der Waals surface area contributed by atoms with Crippen LogP contribution in [0.1, 0.15) is 89.1 Å². The van der Waals surface area contributed by atoms with Crippen molar-refractivity contribution in [2.45, 2.75) is 104 Å². The lowest BCUT2D eigenvalue weighted by atomic mass is 10.0. The molecule has 2 heterocycles. The van der Waals surface area contributed by atoms with E-state index in [1.165, 1.54) is 24.6 Å². The van der Waals surface area contributed by atoms with Crippen molar-refractivity contribution in [3.05, 3.63) is 71.6 Å². The third-order valence-corrected chi connectivity index (χ3v) is 8.89. The summed E-state index contributed by atoms with van der Waals surface area (Å²) in [6, 6.07) is 12.3. The molecule has 3 rings (SSSR count). The third-order valence-electron chi connectivity index (χ3n) is 7.92. The first-order valence-corrected chi connectivity index (χ1v) is 18.0. The summed E-state index contributed by atoms with van der Waals surface area (Å²) in [6.07, 6.45) is 9.33. The van der Waals surface area contributed by atoms with Crippen molar-refractivity contribution in [1.82, 2.24) is 20.5 Å². The molecule has 2 atom stereocenters. The predicted octanol–water partition coefficient (Wildman–Crippen LogP) is 5.73. The summed E-state index contributed by atoms with van der Waals surface area (Å²) in [5.41, 5.74) is 2.42. The maximum atomic E-state index is 13.4. The number of carbonyl (C=O) groups excluding carboxylic acids is 4. The molecule has 2 aromatic rings. The lowest BCUT2D eigenvalue weighted by Crippen LogP contribution is -2.49. The van der Waals surface area contributed by atoms with Crippen LogP contribution in [-0.4, -0.2) is 64.3 Å². The Morgan fingerprint density at radius 2 is 1.79 bits per heavy atom. The number of ether oxygens (including phenoxy) is 2. The number of rotatable bonds is 14. The van der Waals surface area contributed by atoms with E-state index >= 15 is 0 Å². The van der Waals surface area contributed by atoms with Gasteiger partial charge in [0.1, 0.15) is 17.9 Å². The number of fused-ring (bicyclic) bond motifs is 2. The van der Waals surface area contributed by atoms with Gasteiger partial charge in [-0.3, -0.25) is 24.3 Å². The molecule has 10 nitrogen and oxygen atoms in total. The molecule has 48 heavy (non-hydrogen) atoms. The van der Waals surface area contributed by atoms with Crippen molar-refractivity contribution in [2.75, 3.05) is 19.4 Å². The van der Waals surface area contributed by atoms with Gasteiger partial charge in [-0.1, -0.05) is 82.5 Å². The molecule has 1 aromatic heterocycles. The number of aromatic nitrogens is 1. The highest BCUT2D eigenvalue weighted by molar-refractivity contribution is 8.13. The summed E-state index contributed by atoms with van der Waals surface area (Å²) in [5, 5.41) is 5.96. The summed E-state index contributed by atoms with van der Waals surface area (Å²) in [5.74, 6) is -0.123. The number of pyridine rings is 1. The minimum absolute atomic E-state index is 0.0314. The molecule has 0 saturated heterocycles. The first-order chi connectivity index (χ1) is 23.2. The van der Waals surface area contributed by atoms with Gasteiger partial charge in [-0.2, -0.15) is 0 Å². The number of cyclic esters (lactones) is 1. The van der Waals surface area contributed by atoms with E-state index in [-0.39, 0.29) is 42.4 Å². The number of hydrogen-bond acceptors (Lipinski definition) is 9. The third kappa shape index (κ3) is 14.6. The predicted molar refractivity (Wildman–Crippen MR) is 189 cm³/mol. The fraction of sp³-hybridized carbons (Fsp3) is 0.541. The van der Waals surface area contributed by atoms with Crippen LogP contribution < -0.4 is 15.4 Å². The number of esters is 1. The quantitative estimate of drug-likeness (QED) is 0.146. The Morgan fingerprint density at radius 3 is 2.52 bits per heavy atom. The Bertz CT molecular complexity index is 1350. The normalized spacial score (nSPS) is 18.4. The van der Waals surface area contributed by atoms with Crippen LogP contribution in [0.25, 0.3) is 0 Å². The van der Waals surface area contributed by atoms with Crippen LogP contribution in [0.3, 0.4) is 0 Å². The molecule has 2 bridgehead atoms. The second kappa shape index (κ2) is 21.3. The average Bonchev–Trinajstić information content (AvgIpc) is 3.06. The zero-order chi connectivity index (χ0) is 34.7. The summed E-state index contributed by atoms with van der Waals surface area (Å²) in [4.78, 5) is 58.8. The van der Waals surface area contributed by atoms with Crippen LogP contribution in [0.15, 0.2) is 54.6 Å². The number of thioether (sulfide) groups is 1. The number of methoxy groups -OCH3 is 1. The number of nitrogens with zero attached hydrogens (tertiary/aromatic N) is 2. The molecule has 0 saturated carbocycles. The smallest absolute Gasteiger partial charge is 0.329 e. The molecule has 1 aliphatic rings. The fourth-order valence-electron chi connectivity index (χ4n) is 5.27. The number of nitrogens with one attached hydrogen (secondary N) is 2.